The molecule has 2 rings (SSSR count). The van der Waals surface area contributed by atoms with Crippen molar-refractivity contribution >= 4 is 29.9 Å². The molecule has 154 valence electrons. The molecule has 2 N–H and O–H groups in total. The van der Waals surface area contributed by atoms with E-state index in [1.807, 2.05) is 12.1 Å². The van der Waals surface area contributed by atoms with E-state index in [4.69, 9.17) is 9.73 Å². The minimum absolute atomic E-state index is 0. The van der Waals surface area contributed by atoms with Gasteiger partial charge in [0.2, 0.25) is 0 Å². The summed E-state index contributed by atoms with van der Waals surface area (Å²) in [6.45, 7) is 10.8. The van der Waals surface area contributed by atoms with Gasteiger partial charge in [0.25, 0.3) is 0 Å². The Morgan fingerprint density at radius 2 is 1.89 bits per heavy atom. The molecule has 1 aromatic rings. The third kappa shape index (κ3) is 9.14. The zero-order valence-corrected chi connectivity index (χ0v) is 19.5. The monoisotopic (exact) mass is 488 g/mol. The van der Waals surface area contributed by atoms with Gasteiger partial charge >= 0.3 is 0 Å². The van der Waals surface area contributed by atoms with E-state index in [9.17, 15) is 0 Å². The molecule has 27 heavy (non-hydrogen) atoms. The molecule has 1 aromatic carbocycles. The van der Waals surface area contributed by atoms with Crippen molar-refractivity contribution in [2.24, 2.45) is 4.99 Å². The van der Waals surface area contributed by atoms with Gasteiger partial charge in [0.15, 0.2) is 5.96 Å². The van der Waals surface area contributed by atoms with E-state index in [2.05, 4.69) is 41.5 Å². The van der Waals surface area contributed by atoms with Crippen LogP contribution in [0.3, 0.4) is 0 Å². The van der Waals surface area contributed by atoms with Crippen LogP contribution in [-0.2, 0) is 0 Å². The van der Waals surface area contributed by atoms with E-state index in [1.165, 1.54) is 38.0 Å². The number of rotatable bonds is 10. The molecule has 0 amide bonds. The van der Waals surface area contributed by atoms with Crippen LogP contribution in [0.4, 0.5) is 0 Å². The Morgan fingerprint density at radius 1 is 1.19 bits per heavy atom. The van der Waals surface area contributed by atoms with E-state index in [0.29, 0.717) is 5.92 Å². The van der Waals surface area contributed by atoms with Gasteiger partial charge in [-0.3, -0.25) is 4.99 Å². The van der Waals surface area contributed by atoms with Gasteiger partial charge in [-0.15, -0.1) is 24.0 Å². The topological polar surface area (TPSA) is 48.9 Å². The van der Waals surface area contributed by atoms with Crippen molar-refractivity contribution in [2.45, 2.75) is 45.4 Å². The predicted molar refractivity (Wildman–Crippen MR) is 126 cm³/mol. The van der Waals surface area contributed by atoms with E-state index >= 15 is 0 Å². The maximum atomic E-state index is 5.23. The van der Waals surface area contributed by atoms with Crippen LogP contribution in [0.5, 0.6) is 5.75 Å². The second-order valence-corrected chi connectivity index (χ2v) is 7.05. The van der Waals surface area contributed by atoms with Gasteiger partial charge in [0, 0.05) is 19.6 Å². The zero-order valence-electron chi connectivity index (χ0n) is 17.2. The maximum Gasteiger partial charge on any atom is 0.191 e. The van der Waals surface area contributed by atoms with Crippen LogP contribution < -0.4 is 15.4 Å². The lowest BCUT2D eigenvalue weighted by molar-refractivity contribution is 0.336. The highest BCUT2D eigenvalue weighted by atomic mass is 127. The Morgan fingerprint density at radius 3 is 2.52 bits per heavy atom. The average Bonchev–Trinajstić information content (AvgIpc) is 3.18. The first kappa shape index (κ1) is 24.0. The number of ether oxygens (including phenoxy) is 1. The van der Waals surface area contributed by atoms with Crippen LogP contribution in [0.1, 0.15) is 51.0 Å². The minimum Gasteiger partial charge on any atom is -0.497 e. The summed E-state index contributed by atoms with van der Waals surface area (Å²) in [5.41, 5.74) is 1.35. The number of guanidine groups is 1. The molecule has 1 aliphatic rings. The Hall–Kier alpha value is -1.02. The van der Waals surface area contributed by atoms with Crippen LogP contribution in [-0.4, -0.2) is 57.2 Å². The molecule has 0 aliphatic carbocycles. The summed E-state index contributed by atoms with van der Waals surface area (Å²) in [4.78, 5) is 7.27. The van der Waals surface area contributed by atoms with Crippen molar-refractivity contribution in [1.82, 2.24) is 15.5 Å². The second kappa shape index (κ2) is 14.0. The summed E-state index contributed by atoms with van der Waals surface area (Å²) in [5.74, 6) is 2.36. The summed E-state index contributed by atoms with van der Waals surface area (Å²) in [6, 6.07) is 8.37. The molecule has 1 saturated heterocycles. The predicted octanol–water partition coefficient (Wildman–Crippen LogP) is 3.85. The summed E-state index contributed by atoms with van der Waals surface area (Å²) in [5, 5.41) is 6.82. The van der Waals surface area contributed by atoms with Crippen LogP contribution >= 0.6 is 24.0 Å². The number of aliphatic imine (C=N–C) groups is 1. The average molecular weight is 488 g/mol. The molecule has 1 atom stereocenters. The summed E-state index contributed by atoms with van der Waals surface area (Å²) in [6.07, 6.45) is 4.93. The number of nitrogens with zero attached hydrogens (tertiary/aromatic N) is 2. The van der Waals surface area contributed by atoms with Crippen molar-refractivity contribution in [3.63, 3.8) is 0 Å². The van der Waals surface area contributed by atoms with Gasteiger partial charge < -0.3 is 20.3 Å². The second-order valence-electron chi connectivity index (χ2n) is 7.05. The Kier molecular flexibility index (Phi) is 12.5. The van der Waals surface area contributed by atoms with Gasteiger partial charge in [-0.05, 0) is 75.9 Å². The van der Waals surface area contributed by atoms with Crippen LogP contribution in [0.25, 0.3) is 0 Å². The molecule has 0 bridgehead atoms. The van der Waals surface area contributed by atoms with Crippen LogP contribution in [0.15, 0.2) is 29.3 Å². The van der Waals surface area contributed by atoms with Gasteiger partial charge in [-0.1, -0.05) is 19.1 Å². The third-order valence-electron chi connectivity index (χ3n) is 5.00. The van der Waals surface area contributed by atoms with Gasteiger partial charge in [-0.25, -0.2) is 0 Å². The molecule has 6 heteroatoms. The van der Waals surface area contributed by atoms with E-state index < -0.39 is 0 Å². The lowest BCUT2D eigenvalue weighted by atomic mass is 9.98. The number of benzene rings is 1. The number of hydrogen-bond acceptors (Lipinski definition) is 3. The first-order chi connectivity index (χ1) is 12.7. The maximum absolute atomic E-state index is 5.23. The molecule has 5 nitrogen and oxygen atoms in total. The first-order valence-corrected chi connectivity index (χ1v) is 10.1. The molecule has 0 aromatic heterocycles. The number of nitrogens with one attached hydrogen (secondary N) is 2. The first-order valence-electron chi connectivity index (χ1n) is 10.1. The fourth-order valence-corrected chi connectivity index (χ4v) is 3.34. The molecule has 1 heterocycles. The van der Waals surface area contributed by atoms with Crippen LogP contribution in [0.2, 0.25) is 0 Å². The third-order valence-corrected chi connectivity index (χ3v) is 5.00. The Bertz CT molecular complexity index is 529. The lowest BCUT2D eigenvalue weighted by Crippen LogP contribution is -2.38. The van der Waals surface area contributed by atoms with Crippen molar-refractivity contribution in [3.8, 4) is 5.75 Å². The SMILES string of the molecule is CCNC(=NCCCN1CCCC1)NCCC(C)c1ccc(OC)cc1.I. The minimum atomic E-state index is 0. The highest BCUT2D eigenvalue weighted by Gasteiger charge is 2.10. The number of methoxy groups -OCH3 is 1. The standard InChI is InChI=1S/C21H36N4O.HI/c1-4-22-21(23-13-7-17-25-15-5-6-16-25)24-14-12-18(2)19-8-10-20(26-3)11-9-19;/h8-11,18H,4-7,12-17H2,1-3H3,(H2,22,23,24);1H. The zero-order chi connectivity index (χ0) is 18.6. The molecule has 0 radical (unpaired) electrons. The number of likely N-dealkylation sites (tertiary alicyclic amines) is 1. The van der Waals surface area contributed by atoms with Gasteiger partial charge in [0.05, 0.1) is 7.11 Å². The Labute approximate surface area is 182 Å². The molecule has 0 spiro atoms. The molecule has 1 unspecified atom stereocenters. The summed E-state index contributed by atoms with van der Waals surface area (Å²) in [7, 11) is 1.70. The number of hydrogen-bond donors (Lipinski definition) is 2. The molecule has 1 aliphatic heterocycles. The molecular weight excluding hydrogens is 451 g/mol. The number of halogens is 1. The highest BCUT2D eigenvalue weighted by Crippen LogP contribution is 2.21. The summed E-state index contributed by atoms with van der Waals surface area (Å²) < 4.78 is 5.23. The van der Waals surface area contributed by atoms with E-state index in [1.54, 1.807) is 7.11 Å². The fraction of sp³-hybridized carbons (Fsp3) is 0.667. The van der Waals surface area contributed by atoms with Crippen molar-refractivity contribution in [3.05, 3.63) is 29.8 Å². The van der Waals surface area contributed by atoms with E-state index in [0.717, 1.165) is 44.2 Å². The quantitative estimate of drug-likeness (QED) is 0.228. The molecule has 0 saturated carbocycles. The normalized spacial score (nSPS) is 15.9. The van der Waals surface area contributed by atoms with Crippen molar-refractivity contribution in [1.29, 1.82) is 0 Å². The highest BCUT2D eigenvalue weighted by molar-refractivity contribution is 14.0. The van der Waals surface area contributed by atoms with Gasteiger partial charge in [-0.2, -0.15) is 0 Å². The lowest BCUT2D eigenvalue weighted by Gasteiger charge is -2.16. The summed E-state index contributed by atoms with van der Waals surface area (Å²) >= 11 is 0. The van der Waals surface area contributed by atoms with Crippen molar-refractivity contribution < 1.29 is 4.74 Å². The van der Waals surface area contributed by atoms with Crippen LogP contribution in [0, 0.1) is 0 Å². The largest absolute Gasteiger partial charge is 0.497 e. The Balaban J connectivity index is 0.00000364. The molecular formula is C21H37IN4O. The van der Waals surface area contributed by atoms with Crippen molar-refractivity contribution in [2.75, 3.05) is 46.4 Å². The molecule has 1 fully saturated rings. The van der Waals surface area contributed by atoms with E-state index in [-0.39, 0.29) is 24.0 Å². The van der Waals surface area contributed by atoms with Gasteiger partial charge in [0.1, 0.15) is 5.75 Å². The smallest absolute Gasteiger partial charge is 0.191 e. The fourth-order valence-electron chi connectivity index (χ4n) is 3.34.